The minimum atomic E-state index is 0.304. The third kappa shape index (κ3) is 4.69. The molecule has 0 aromatic heterocycles. The van der Waals surface area contributed by atoms with Crippen LogP contribution in [0.4, 0.5) is 0 Å². The fourth-order valence-electron chi connectivity index (χ4n) is 2.15. The molecule has 0 amide bonds. The monoisotopic (exact) mass is 253 g/mol. The second kappa shape index (κ2) is 7.03. The number of nitrogens with two attached hydrogens (primary N) is 1. The van der Waals surface area contributed by atoms with Crippen molar-refractivity contribution >= 4 is 11.6 Å². The summed E-state index contributed by atoms with van der Waals surface area (Å²) in [6.45, 7) is 6.35. The highest BCUT2D eigenvalue weighted by atomic mass is 35.5. The molecular weight excluding hydrogens is 230 g/mol. The molecule has 0 heterocycles. The van der Waals surface area contributed by atoms with Crippen LogP contribution in [0.1, 0.15) is 49.8 Å². The van der Waals surface area contributed by atoms with E-state index >= 15 is 0 Å². The molecule has 96 valence electrons. The van der Waals surface area contributed by atoms with E-state index < -0.39 is 0 Å². The predicted octanol–water partition coefficient (Wildman–Crippen LogP) is 4.27. The van der Waals surface area contributed by atoms with Crippen LogP contribution in [0.5, 0.6) is 0 Å². The van der Waals surface area contributed by atoms with Crippen molar-refractivity contribution in [2.24, 2.45) is 5.73 Å². The third-order valence-electron chi connectivity index (χ3n) is 3.03. The summed E-state index contributed by atoms with van der Waals surface area (Å²) in [7, 11) is 0. The summed E-state index contributed by atoms with van der Waals surface area (Å²) in [4.78, 5) is 0. The molecule has 1 aromatic rings. The lowest BCUT2D eigenvalue weighted by molar-refractivity contribution is 0.624. The Bertz CT molecular complexity index is 358. The van der Waals surface area contributed by atoms with Crippen LogP contribution in [0.15, 0.2) is 12.1 Å². The standard InChI is InChI=1S/C15H24ClN/c1-4-6-14-10-13(8-5-7-12(3)17)9-11(2)15(14)16/h9-10,12H,4-8,17H2,1-3H3/t12-/m0/s1. The van der Waals surface area contributed by atoms with Gasteiger partial charge in [0.1, 0.15) is 0 Å². The van der Waals surface area contributed by atoms with E-state index in [0.717, 1.165) is 37.1 Å². The Balaban J connectivity index is 2.72. The maximum Gasteiger partial charge on any atom is 0.0467 e. The number of halogens is 1. The van der Waals surface area contributed by atoms with Crippen LogP contribution in [-0.4, -0.2) is 6.04 Å². The van der Waals surface area contributed by atoms with Crippen molar-refractivity contribution in [2.75, 3.05) is 0 Å². The lowest BCUT2D eigenvalue weighted by Gasteiger charge is -2.11. The van der Waals surface area contributed by atoms with Crippen LogP contribution in [0, 0.1) is 6.92 Å². The molecule has 0 saturated carbocycles. The smallest absolute Gasteiger partial charge is 0.0467 e. The molecule has 1 atom stereocenters. The minimum Gasteiger partial charge on any atom is -0.328 e. The Kier molecular flexibility index (Phi) is 6.01. The van der Waals surface area contributed by atoms with Crippen molar-refractivity contribution in [1.82, 2.24) is 0 Å². The second-order valence-corrected chi connectivity index (χ2v) is 5.38. The largest absolute Gasteiger partial charge is 0.328 e. The Labute approximate surface area is 110 Å². The molecule has 2 heteroatoms. The van der Waals surface area contributed by atoms with Crippen molar-refractivity contribution in [2.45, 2.75) is 58.9 Å². The maximum atomic E-state index is 6.31. The van der Waals surface area contributed by atoms with Gasteiger partial charge < -0.3 is 5.73 Å². The summed E-state index contributed by atoms with van der Waals surface area (Å²) in [6, 6.07) is 4.78. The summed E-state index contributed by atoms with van der Waals surface area (Å²) >= 11 is 6.31. The Morgan fingerprint density at radius 2 is 2.00 bits per heavy atom. The Morgan fingerprint density at radius 3 is 2.59 bits per heavy atom. The molecule has 0 aliphatic rings. The zero-order chi connectivity index (χ0) is 12.8. The highest BCUT2D eigenvalue weighted by Gasteiger charge is 2.06. The fraction of sp³-hybridized carbons (Fsp3) is 0.600. The van der Waals surface area contributed by atoms with Gasteiger partial charge in [-0.15, -0.1) is 0 Å². The lowest BCUT2D eigenvalue weighted by atomic mass is 9.99. The van der Waals surface area contributed by atoms with Crippen molar-refractivity contribution < 1.29 is 0 Å². The molecule has 0 aliphatic heterocycles. The van der Waals surface area contributed by atoms with E-state index in [2.05, 4.69) is 32.9 Å². The first-order valence-corrected chi connectivity index (χ1v) is 6.95. The maximum absolute atomic E-state index is 6.31. The molecule has 0 fully saturated rings. The van der Waals surface area contributed by atoms with Crippen molar-refractivity contribution in [3.05, 3.63) is 33.8 Å². The molecule has 0 saturated heterocycles. The summed E-state index contributed by atoms with van der Waals surface area (Å²) < 4.78 is 0. The van der Waals surface area contributed by atoms with Gasteiger partial charge in [-0.05, 0) is 56.2 Å². The van der Waals surface area contributed by atoms with Gasteiger partial charge in [0.2, 0.25) is 0 Å². The van der Waals surface area contributed by atoms with Crippen molar-refractivity contribution in [1.29, 1.82) is 0 Å². The molecule has 0 aliphatic carbocycles. The molecule has 0 bridgehead atoms. The van der Waals surface area contributed by atoms with Crippen molar-refractivity contribution in [3.63, 3.8) is 0 Å². The van der Waals surface area contributed by atoms with Crippen LogP contribution >= 0.6 is 11.6 Å². The van der Waals surface area contributed by atoms with Gasteiger partial charge in [-0.25, -0.2) is 0 Å². The summed E-state index contributed by atoms with van der Waals surface area (Å²) in [5, 5.41) is 0.947. The van der Waals surface area contributed by atoms with Gasteiger partial charge in [-0.1, -0.05) is 37.1 Å². The highest BCUT2D eigenvalue weighted by molar-refractivity contribution is 6.32. The molecule has 1 nitrogen and oxygen atoms in total. The second-order valence-electron chi connectivity index (χ2n) is 5.01. The van der Waals surface area contributed by atoms with Crippen LogP contribution in [0.3, 0.4) is 0 Å². The van der Waals surface area contributed by atoms with E-state index in [-0.39, 0.29) is 0 Å². The van der Waals surface area contributed by atoms with E-state index in [9.17, 15) is 0 Å². The predicted molar refractivity (Wildman–Crippen MR) is 76.8 cm³/mol. The average Bonchev–Trinajstić information content (AvgIpc) is 2.25. The minimum absolute atomic E-state index is 0.304. The first kappa shape index (κ1) is 14.5. The zero-order valence-electron chi connectivity index (χ0n) is 11.2. The summed E-state index contributed by atoms with van der Waals surface area (Å²) in [5.41, 5.74) is 9.66. The van der Waals surface area contributed by atoms with Crippen LogP contribution in [0.2, 0.25) is 5.02 Å². The normalized spacial score (nSPS) is 12.8. The van der Waals surface area contributed by atoms with Gasteiger partial charge in [-0.2, -0.15) is 0 Å². The van der Waals surface area contributed by atoms with E-state index in [0.29, 0.717) is 6.04 Å². The Hall–Kier alpha value is -0.530. The number of aryl methyl sites for hydroxylation is 3. The topological polar surface area (TPSA) is 26.0 Å². The first-order valence-electron chi connectivity index (χ1n) is 6.58. The van der Waals surface area contributed by atoms with E-state index in [4.69, 9.17) is 17.3 Å². The molecular formula is C15H24ClN. The van der Waals surface area contributed by atoms with Gasteiger partial charge in [-0.3, -0.25) is 0 Å². The lowest BCUT2D eigenvalue weighted by Crippen LogP contribution is -2.14. The van der Waals surface area contributed by atoms with Crippen LogP contribution < -0.4 is 5.73 Å². The quantitative estimate of drug-likeness (QED) is 0.805. The van der Waals surface area contributed by atoms with Crippen molar-refractivity contribution in [3.8, 4) is 0 Å². The molecule has 1 aromatic carbocycles. The Morgan fingerprint density at radius 1 is 1.29 bits per heavy atom. The van der Waals surface area contributed by atoms with Gasteiger partial charge >= 0.3 is 0 Å². The molecule has 17 heavy (non-hydrogen) atoms. The molecule has 2 N–H and O–H groups in total. The van der Waals surface area contributed by atoms with Gasteiger partial charge in [0.05, 0.1) is 0 Å². The third-order valence-corrected chi connectivity index (χ3v) is 3.57. The summed E-state index contributed by atoms with van der Waals surface area (Å²) in [5.74, 6) is 0. The highest BCUT2D eigenvalue weighted by Crippen LogP contribution is 2.24. The average molecular weight is 254 g/mol. The van der Waals surface area contributed by atoms with Gasteiger partial charge in [0.25, 0.3) is 0 Å². The zero-order valence-corrected chi connectivity index (χ0v) is 12.0. The van der Waals surface area contributed by atoms with Gasteiger partial charge in [0, 0.05) is 11.1 Å². The number of hydrogen-bond acceptors (Lipinski definition) is 1. The summed E-state index contributed by atoms with van der Waals surface area (Å²) in [6.07, 6.45) is 5.56. The van der Waals surface area contributed by atoms with Gasteiger partial charge in [0.15, 0.2) is 0 Å². The van der Waals surface area contributed by atoms with Crippen LogP contribution in [-0.2, 0) is 12.8 Å². The van der Waals surface area contributed by atoms with Crippen LogP contribution in [0.25, 0.3) is 0 Å². The fourth-order valence-corrected chi connectivity index (χ4v) is 2.35. The number of hydrogen-bond donors (Lipinski definition) is 1. The molecule has 1 rings (SSSR count). The first-order chi connectivity index (χ1) is 8.04. The van der Waals surface area contributed by atoms with E-state index in [1.54, 1.807) is 0 Å². The molecule has 0 spiro atoms. The molecule has 0 unspecified atom stereocenters. The number of rotatable bonds is 6. The van der Waals surface area contributed by atoms with E-state index in [1.807, 2.05) is 0 Å². The molecule has 0 radical (unpaired) electrons. The number of benzene rings is 1. The SMILES string of the molecule is CCCc1cc(CCC[C@H](C)N)cc(C)c1Cl. The van der Waals surface area contributed by atoms with E-state index in [1.165, 1.54) is 16.7 Å².